The van der Waals surface area contributed by atoms with Crippen LogP contribution in [-0.2, 0) is 11.3 Å². The number of nitrogens with zero attached hydrogens (tertiary/aromatic N) is 1. The lowest BCUT2D eigenvalue weighted by atomic mass is 10.0. The van der Waals surface area contributed by atoms with Crippen LogP contribution in [0.4, 0.5) is 0 Å². The number of hydrogen-bond acceptors (Lipinski definition) is 2. The van der Waals surface area contributed by atoms with Gasteiger partial charge >= 0.3 is 0 Å². The molecule has 0 saturated heterocycles. The van der Waals surface area contributed by atoms with Gasteiger partial charge in [-0.3, -0.25) is 4.79 Å². The largest absolute Gasteiger partial charge is 0.341 e. The van der Waals surface area contributed by atoms with Gasteiger partial charge in [0.15, 0.2) is 0 Å². The second-order valence-electron chi connectivity index (χ2n) is 4.77. The fourth-order valence-corrected chi connectivity index (χ4v) is 2.23. The molecule has 2 N–H and O–H groups in total. The van der Waals surface area contributed by atoms with Gasteiger partial charge < -0.3 is 10.6 Å². The maximum absolute atomic E-state index is 12.1. The molecule has 0 aromatic heterocycles. The van der Waals surface area contributed by atoms with E-state index in [2.05, 4.69) is 0 Å². The Morgan fingerprint density at radius 2 is 2.05 bits per heavy atom. The molecule has 1 amide bonds. The van der Waals surface area contributed by atoms with Crippen LogP contribution in [0.15, 0.2) is 18.2 Å². The van der Waals surface area contributed by atoms with Gasteiger partial charge in [0.25, 0.3) is 0 Å². The number of carbonyl (C=O) groups is 1. The molecular formula is C14H20Cl2N2O. The lowest BCUT2D eigenvalue weighted by Crippen LogP contribution is -2.31. The molecule has 1 aromatic carbocycles. The first-order valence-electron chi connectivity index (χ1n) is 6.34. The maximum Gasteiger partial charge on any atom is 0.225 e. The summed E-state index contributed by atoms with van der Waals surface area (Å²) in [5, 5.41) is 1.03. The molecule has 1 rings (SSSR count). The van der Waals surface area contributed by atoms with Crippen LogP contribution < -0.4 is 5.73 Å². The van der Waals surface area contributed by atoms with Gasteiger partial charge in [0, 0.05) is 19.5 Å². The number of rotatable bonds is 6. The maximum atomic E-state index is 12.1. The quantitative estimate of drug-likeness (QED) is 0.876. The van der Waals surface area contributed by atoms with E-state index in [1.165, 1.54) is 0 Å². The summed E-state index contributed by atoms with van der Waals surface area (Å²) in [5.41, 5.74) is 6.42. The third kappa shape index (κ3) is 5.01. The summed E-state index contributed by atoms with van der Waals surface area (Å²) in [4.78, 5) is 13.8. The lowest BCUT2D eigenvalue weighted by Gasteiger charge is -2.21. The fraction of sp³-hybridized carbons (Fsp3) is 0.500. The van der Waals surface area contributed by atoms with Gasteiger partial charge in [0.1, 0.15) is 0 Å². The summed E-state index contributed by atoms with van der Waals surface area (Å²) in [6, 6.07) is 5.41. The summed E-state index contributed by atoms with van der Waals surface area (Å²) < 4.78 is 0. The second kappa shape index (κ2) is 7.73. The predicted octanol–water partition coefficient (Wildman–Crippen LogP) is 3.33. The minimum Gasteiger partial charge on any atom is -0.341 e. The van der Waals surface area contributed by atoms with E-state index in [-0.39, 0.29) is 11.8 Å². The van der Waals surface area contributed by atoms with Crippen molar-refractivity contribution >= 4 is 29.1 Å². The SMILES string of the molecule is CC(CCCN)C(=O)N(C)Cc1ccc(Cl)c(Cl)c1. The average Bonchev–Trinajstić information content (AvgIpc) is 2.39. The third-order valence-electron chi connectivity index (χ3n) is 3.04. The van der Waals surface area contributed by atoms with Crippen molar-refractivity contribution in [3.05, 3.63) is 33.8 Å². The van der Waals surface area contributed by atoms with E-state index >= 15 is 0 Å². The Labute approximate surface area is 124 Å². The van der Waals surface area contributed by atoms with E-state index in [1.54, 1.807) is 24.1 Å². The molecule has 0 bridgehead atoms. The molecule has 19 heavy (non-hydrogen) atoms. The molecule has 0 fully saturated rings. The van der Waals surface area contributed by atoms with Crippen LogP contribution in [0, 0.1) is 5.92 Å². The minimum absolute atomic E-state index is 0.00341. The van der Waals surface area contributed by atoms with Gasteiger partial charge in [-0.1, -0.05) is 36.2 Å². The van der Waals surface area contributed by atoms with E-state index in [4.69, 9.17) is 28.9 Å². The Morgan fingerprint density at radius 3 is 2.63 bits per heavy atom. The molecule has 0 saturated carbocycles. The van der Waals surface area contributed by atoms with E-state index in [9.17, 15) is 4.79 Å². The number of nitrogens with two attached hydrogens (primary N) is 1. The van der Waals surface area contributed by atoms with Crippen molar-refractivity contribution in [2.75, 3.05) is 13.6 Å². The molecule has 0 aliphatic heterocycles. The summed E-state index contributed by atoms with van der Waals surface area (Å²) in [6.07, 6.45) is 1.69. The predicted molar refractivity (Wildman–Crippen MR) is 80.4 cm³/mol. The Kier molecular flexibility index (Phi) is 6.63. The Bertz CT molecular complexity index is 437. The summed E-state index contributed by atoms with van der Waals surface area (Å²) in [5.74, 6) is 0.121. The third-order valence-corrected chi connectivity index (χ3v) is 3.78. The van der Waals surface area contributed by atoms with Gasteiger partial charge in [-0.2, -0.15) is 0 Å². The molecule has 0 aliphatic rings. The zero-order chi connectivity index (χ0) is 14.4. The van der Waals surface area contributed by atoms with Crippen molar-refractivity contribution in [2.24, 2.45) is 11.7 Å². The molecule has 0 radical (unpaired) electrons. The summed E-state index contributed by atoms with van der Waals surface area (Å²) in [6.45, 7) is 3.08. The standard InChI is InChI=1S/C14H20Cl2N2O/c1-10(4-3-7-17)14(19)18(2)9-11-5-6-12(15)13(16)8-11/h5-6,8,10H,3-4,7,9,17H2,1-2H3. The number of carbonyl (C=O) groups excluding carboxylic acids is 1. The first-order chi connectivity index (χ1) is 8.95. The van der Waals surface area contributed by atoms with Crippen LogP contribution in [0.3, 0.4) is 0 Å². The molecule has 1 atom stereocenters. The highest BCUT2D eigenvalue weighted by Gasteiger charge is 2.17. The van der Waals surface area contributed by atoms with Gasteiger partial charge in [0.2, 0.25) is 5.91 Å². The van der Waals surface area contributed by atoms with Gasteiger partial charge in [-0.15, -0.1) is 0 Å². The first kappa shape index (κ1) is 16.3. The molecule has 0 spiro atoms. The monoisotopic (exact) mass is 302 g/mol. The van der Waals surface area contributed by atoms with Crippen molar-refractivity contribution in [3.8, 4) is 0 Å². The van der Waals surface area contributed by atoms with Crippen LogP contribution in [0.25, 0.3) is 0 Å². The number of amides is 1. The van der Waals surface area contributed by atoms with Crippen LogP contribution in [0.2, 0.25) is 10.0 Å². The van der Waals surface area contributed by atoms with E-state index in [0.717, 1.165) is 18.4 Å². The van der Waals surface area contributed by atoms with E-state index in [1.807, 2.05) is 13.0 Å². The lowest BCUT2D eigenvalue weighted by molar-refractivity contribution is -0.134. The molecule has 1 aromatic rings. The highest BCUT2D eigenvalue weighted by molar-refractivity contribution is 6.42. The Balaban J connectivity index is 2.60. The molecule has 106 valence electrons. The van der Waals surface area contributed by atoms with Crippen molar-refractivity contribution < 1.29 is 4.79 Å². The fourth-order valence-electron chi connectivity index (χ4n) is 1.91. The van der Waals surface area contributed by atoms with E-state index in [0.29, 0.717) is 23.1 Å². The summed E-state index contributed by atoms with van der Waals surface area (Å²) >= 11 is 11.8. The molecule has 5 heteroatoms. The summed E-state index contributed by atoms with van der Waals surface area (Å²) in [7, 11) is 1.80. The Morgan fingerprint density at radius 1 is 1.37 bits per heavy atom. The van der Waals surface area contributed by atoms with Gasteiger partial charge in [-0.25, -0.2) is 0 Å². The van der Waals surface area contributed by atoms with Crippen LogP contribution >= 0.6 is 23.2 Å². The molecule has 3 nitrogen and oxygen atoms in total. The Hall–Kier alpha value is -0.770. The van der Waals surface area contributed by atoms with Gasteiger partial charge in [0.05, 0.1) is 10.0 Å². The van der Waals surface area contributed by atoms with Crippen LogP contribution in [0.5, 0.6) is 0 Å². The van der Waals surface area contributed by atoms with Gasteiger partial charge in [-0.05, 0) is 37.1 Å². The topological polar surface area (TPSA) is 46.3 Å². The van der Waals surface area contributed by atoms with Crippen molar-refractivity contribution in [1.29, 1.82) is 0 Å². The van der Waals surface area contributed by atoms with Crippen molar-refractivity contribution in [2.45, 2.75) is 26.3 Å². The zero-order valence-electron chi connectivity index (χ0n) is 11.3. The number of hydrogen-bond donors (Lipinski definition) is 1. The van der Waals surface area contributed by atoms with Crippen molar-refractivity contribution in [1.82, 2.24) is 4.90 Å². The van der Waals surface area contributed by atoms with Crippen LogP contribution in [0.1, 0.15) is 25.3 Å². The van der Waals surface area contributed by atoms with E-state index < -0.39 is 0 Å². The van der Waals surface area contributed by atoms with Crippen LogP contribution in [-0.4, -0.2) is 24.4 Å². The first-order valence-corrected chi connectivity index (χ1v) is 7.10. The molecule has 0 aliphatic carbocycles. The molecular weight excluding hydrogens is 283 g/mol. The average molecular weight is 303 g/mol. The normalized spacial score (nSPS) is 12.3. The molecule has 1 unspecified atom stereocenters. The number of benzene rings is 1. The second-order valence-corrected chi connectivity index (χ2v) is 5.59. The molecule has 0 heterocycles. The highest BCUT2D eigenvalue weighted by atomic mass is 35.5. The zero-order valence-corrected chi connectivity index (χ0v) is 12.8. The smallest absolute Gasteiger partial charge is 0.225 e. The number of halogens is 2. The minimum atomic E-state index is -0.00341. The highest BCUT2D eigenvalue weighted by Crippen LogP contribution is 2.23. The van der Waals surface area contributed by atoms with Crippen molar-refractivity contribution in [3.63, 3.8) is 0 Å².